The third-order valence-electron chi connectivity index (χ3n) is 4.80. The molecule has 2 aromatic rings. The first-order chi connectivity index (χ1) is 14.8. The smallest absolute Gasteiger partial charge is 0.305 e. The highest BCUT2D eigenvalue weighted by atomic mass is 32.1. The van der Waals surface area contributed by atoms with Crippen molar-refractivity contribution < 1.29 is 19.4 Å². The summed E-state index contributed by atoms with van der Waals surface area (Å²) >= 11 is 6.60. The summed E-state index contributed by atoms with van der Waals surface area (Å²) in [6, 6.07) is 7.17. The number of ether oxygens (including phenoxy) is 1. The highest BCUT2D eigenvalue weighted by Crippen LogP contribution is 2.28. The molecule has 2 rings (SSSR count). The van der Waals surface area contributed by atoms with Crippen molar-refractivity contribution in [3.05, 3.63) is 33.5 Å². The maximum Gasteiger partial charge on any atom is 0.305 e. The van der Waals surface area contributed by atoms with Crippen LogP contribution in [0.15, 0.2) is 29.5 Å². The number of H-pyrrole nitrogens is 1. The van der Waals surface area contributed by atoms with Crippen LogP contribution in [0.3, 0.4) is 0 Å². The van der Waals surface area contributed by atoms with Gasteiger partial charge >= 0.3 is 5.97 Å². The van der Waals surface area contributed by atoms with Gasteiger partial charge in [-0.1, -0.05) is 12.8 Å². The number of benzene rings is 1. The first kappa shape index (κ1) is 24.6. The van der Waals surface area contributed by atoms with Crippen LogP contribution < -0.4 is 4.90 Å². The Balaban J connectivity index is 2.11. The SMILES string of the molecule is COC(=O)CCCCCCC(O)=C(C#N)C(=O)N(c1ccc2[nH]c(=S)sc2c1)C(C)C. The molecular weight excluding hydrogens is 434 g/mol. The van der Waals surface area contributed by atoms with Crippen molar-refractivity contribution in [2.75, 3.05) is 12.0 Å². The van der Waals surface area contributed by atoms with E-state index in [1.807, 2.05) is 32.0 Å². The van der Waals surface area contributed by atoms with Crippen LogP contribution in [-0.2, 0) is 14.3 Å². The van der Waals surface area contributed by atoms with Crippen LogP contribution in [0.5, 0.6) is 0 Å². The lowest BCUT2D eigenvalue weighted by Gasteiger charge is -2.27. The maximum atomic E-state index is 13.2. The Morgan fingerprint density at radius 2 is 1.94 bits per heavy atom. The number of esters is 1. The summed E-state index contributed by atoms with van der Waals surface area (Å²) in [6.07, 6.45) is 3.50. The average molecular weight is 462 g/mol. The summed E-state index contributed by atoms with van der Waals surface area (Å²) in [5.74, 6) is -0.972. The molecule has 0 saturated heterocycles. The molecule has 1 amide bonds. The molecule has 1 aromatic carbocycles. The Labute approximate surface area is 190 Å². The number of thiazole rings is 1. The number of carbonyl (C=O) groups excluding carboxylic acids is 2. The Morgan fingerprint density at radius 1 is 1.26 bits per heavy atom. The number of amides is 1. The van der Waals surface area contributed by atoms with Crippen molar-refractivity contribution >= 4 is 51.3 Å². The second kappa shape index (κ2) is 11.6. The van der Waals surface area contributed by atoms with Gasteiger partial charge in [0.15, 0.2) is 9.53 Å². The molecule has 0 unspecified atom stereocenters. The van der Waals surface area contributed by atoms with Gasteiger partial charge in [-0.3, -0.25) is 9.59 Å². The lowest BCUT2D eigenvalue weighted by Crippen LogP contribution is -2.38. The second-order valence-electron chi connectivity index (χ2n) is 7.39. The molecule has 1 aromatic heterocycles. The zero-order valence-corrected chi connectivity index (χ0v) is 19.6. The van der Waals surface area contributed by atoms with E-state index in [1.54, 1.807) is 6.07 Å². The second-order valence-corrected chi connectivity index (χ2v) is 9.11. The molecule has 0 aliphatic carbocycles. The quantitative estimate of drug-likeness (QED) is 0.120. The molecule has 0 atom stereocenters. The number of nitrogens with one attached hydrogen (secondary N) is 1. The summed E-state index contributed by atoms with van der Waals surface area (Å²) in [4.78, 5) is 28.9. The molecule has 0 radical (unpaired) electrons. The van der Waals surface area contributed by atoms with Crippen molar-refractivity contribution in [1.82, 2.24) is 4.98 Å². The van der Waals surface area contributed by atoms with Crippen LogP contribution in [0.4, 0.5) is 5.69 Å². The molecule has 0 saturated carbocycles. The van der Waals surface area contributed by atoms with E-state index in [9.17, 15) is 20.0 Å². The van der Waals surface area contributed by atoms with E-state index in [4.69, 9.17) is 12.2 Å². The normalized spacial score (nSPS) is 11.8. The standard InChI is InChI=1S/C22H27N3O4S2/c1-14(2)25(15-10-11-17-19(12-15)31-22(30)24-17)21(28)16(13-23)18(26)8-6-4-5-7-9-20(27)29-3/h10-12,14,26H,4-9H2,1-3H3,(H,24,30). The van der Waals surface area contributed by atoms with Crippen LogP contribution >= 0.6 is 23.6 Å². The van der Waals surface area contributed by atoms with Gasteiger partial charge in [-0.25, -0.2) is 0 Å². The summed E-state index contributed by atoms with van der Waals surface area (Å²) < 4.78 is 6.17. The maximum absolute atomic E-state index is 13.2. The Kier molecular flexibility index (Phi) is 9.21. The largest absolute Gasteiger partial charge is 0.511 e. The van der Waals surface area contributed by atoms with Gasteiger partial charge in [-0.05, 0) is 57.1 Å². The first-order valence-electron chi connectivity index (χ1n) is 10.1. The lowest BCUT2D eigenvalue weighted by molar-refractivity contribution is -0.140. The average Bonchev–Trinajstić information content (AvgIpc) is 3.10. The number of anilines is 1. The number of unbranched alkanes of at least 4 members (excludes halogenated alkanes) is 3. The number of nitrogens with zero attached hydrogens (tertiary/aromatic N) is 2. The number of allylic oxidation sites excluding steroid dienone is 1. The van der Waals surface area contributed by atoms with Crippen LogP contribution in [0.25, 0.3) is 10.2 Å². The molecule has 7 nitrogen and oxygen atoms in total. The monoisotopic (exact) mass is 461 g/mol. The fourth-order valence-electron chi connectivity index (χ4n) is 3.23. The minimum atomic E-state index is -0.529. The van der Waals surface area contributed by atoms with Crippen molar-refractivity contribution in [3.63, 3.8) is 0 Å². The molecule has 2 N–H and O–H groups in total. The number of aliphatic hydroxyl groups excluding tert-OH is 1. The molecule has 31 heavy (non-hydrogen) atoms. The van der Waals surface area contributed by atoms with E-state index in [2.05, 4.69) is 9.72 Å². The number of aliphatic hydroxyl groups is 1. The van der Waals surface area contributed by atoms with Gasteiger partial charge in [0.05, 0.1) is 17.3 Å². The predicted octanol–water partition coefficient (Wildman–Crippen LogP) is 5.55. The fourth-order valence-corrected chi connectivity index (χ4v) is 4.38. The summed E-state index contributed by atoms with van der Waals surface area (Å²) in [6.45, 7) is 3.71. The minimum Gasteiger partial charge on any atom is -0.511 e. The van der Waals surface area contributed by atoms with E-state index < -0.39 is 5.91 Å². The zero-order valence-electron chi connectivity index (χ0n) is 17.9. The molecule has 0 bridgehead atoms. The van der Waals surface area contributed by atoms with Crippen molar-refractivity contribution in [2.24, 2.45) is 0 Å². The number of rotatable bonds is 10. The molecule has 166 valence electrons. The van der Waals surface area contributed by atoms with Gasteiger partial charge in [-0.15, -0.1) is 11.3 Å². The van der Waals surface area contributed by atoms with E-state index >= 15 is 0 Å². The summed E-state index contributed by atoms with van der Waals surface area (Å²) in [5.41, 5.74) is 1.28. The Hall–Kier alpha value is -2.70. The highest BCUT2D eigenvalue weighted by molar-refractivity contribution is 7.73. The summed E-state index contributed by atoms with van der Waals surface area (Å²) in [5, 5.41) is 20.0. The van der Waals surface area contributed by atoms with E-state index in [1.165, 1.54) is 23.3 Å². The molecule has 0 aliphatic rings. The van der Waals surface area contributed by atoms with Gasteiger partial charge in [-0.2, -0.15) is 5.26 Å². The molecule has 1 heterocycles. The number of methoxy groups -OCH3 is 1. The van der Waals surface area contributed by atoms with Crippen LogP contribution in [0.2, 0.25) is 0 Å². The molecule has 9 heteroatoms. The van der Waals surface area contributed by atoms with Gasteiger partial charge in [0.1, 0.15) is 11.8 Å². The van der Waals surface area contributed by atoms with Crippen LogP contribution in [0, 0.1) is 15.3 Å². The number of aromatic nitrogens is 1. The molecular formula is C22H27N3O4S2. The number of carbonyl (C=O) groups is 2. The Bertz CT molecular complexity index is 1060. The Morgan fingerprint density at radius 3 is 2.55 bits per heavy atom. The molecule has 0 spiro atoms. The van der Waals surface area contributed by atoms with Gasteiger partial charge in [0, 0.05) is 24.6 Å². The third-order valence-corrected chi connectivity index (χ3v) is 6.00. The van der Waals surface area contributed by atoms with Crippen molar-refractivity contribution in [3.8, 4) is 6.07 Å². The van der Waals surface area contributed by atoms with E-state index in [-0.39, 0.29) is 29.8 Å². The summed E-state index contributed by atoms with van der Waals surface area (Å²) in [7, 11) is 1.36. The highest BCUT2D eigenvalue weighted by Gasteiger charge is 2.26. The molecule has 0 aliphatic heterocycles. The van der Waals surface area contributed by atoms with Gasteiger partial charge in [0.2, 0.25) is 0 Å². The van der Waals surface area contributed by atoms with E-state index in [0.717, 1.165) is 23.1 Å². The molecule has 0 fully saturated rings. The van der Waals surface area contributed by atoms with Crippen LogP contribution in [-0.4, -0.2) is 35.1 Å². The van der Waals surface area contributed by atoms with E-state index in [0.29, 0.717) is 28.9 Å². The number of fused-ring (bicyclic) bond motifs is 1. The number of hydrogen-bond donors (Lipinski definition) is 2. The minimum absolute atomic E-state index is 0.204. The zero-order chi connectivity index (χ0) is 23.0. The topological polar surface area (TPSA) is 106 Å². The first-order valence-corrected chi connectivity index (χ1v) is 11.4. The van der Waals surface area contributed by atoms with Crippen LogP contribution in [0.1, 0.15) is 52.4 Å². The predicted molar refractivity (Wildman–Crippen MR) is 125 cm³/mol. The van der Waals surface area contributed by atoms with Gasteiger partial charge < -0.3 is 19.7 Å². The van der Waals surface area contributed by atoms with Crippen molar-refractivity contribution in [1.29, 1.82) is 5.26 Å². The lowest BCUT2D eigenvalue weighted by atomic mass is 10.1. The number of hydrogen-bond acceptors (Lipinski definition) is 7. The number of nitriles is 1. The fraction of sp³-hybridized carbons (Fsp3) is 0.455. The number of aromatic amines is 1. The van der Waals surface area contributed by atoms with Crippen molar-refractivity contribution in [2.45, 2.75) is 58.4 Å². The van der Waals surface area contributed by atoms with Gasteiger partial charge in [0.25, 0.3) is 5.91 Å². The third kappa shape index (κ3) is 6.64.